The van der Waals surface area contributed by atoms with Gasteiger partial charge in [-0.3, -0.25) is 0 Å². The zero-order chi connectivity index (χ0) is 11.8. The van der Waals surface area contributed by atoms with Gasteiger partial charge in [-0.05, 0) is 6.42 Å². The normalized spacial score (nSPS) is 9.88. The van der Waals surface area contributed by atoms with Crippen molar-refractivity contribution in [2.45, 2.75) is 26.2 Å². The highest BCUT2D eigenvalue weighted by atomic mass is 16.5. The van der Waals surface area contributed by atoms with Crippen molar-refractivity contribution in [1.82, 2.24) is 9.97 Å². The second-order valence-corrected chi connectivity index (χ2v) is 3.41. The van der Waals surface area contributed by atoms with E-state index < -0.39 is 5.97 Å². The van der Waals surface area contributed by atoms with Gasteiger partial charge in [-0.1, -0.05) is 19.8 Å². The number of carbonyl (C=O) groups is 1. The Morgan fingerprint density at radius 2 is 2.19 bits per heavy atom. The quantitative estimate of drug-likeness (QED) is 0.589. The van der Waals surface area contributed by atoms with Crippen molar-refractivity contribution in [1.29, 1.82) is 0 Å². The summed E-state index contributed by atoms with van der Waals surface area (Å²) in [4.78, 5) is 19.1. The second kappa shape index (κ2) is 6.76. The molecular weight excluding hydrogens is 206 g/mol. The Balaban J connectivity index is 2.42. The highest BCUT2D eigenvalue weighted by Crippen LogP contribution is 2.03. The highest BCUT2D eigenvalue weighted by molar-refractivity contribution is 5.86. The summed E-state index contributed by atoms with van der Waals surface area (Å²) in [6.07, 6.45) is 6.44. The fourth-order valence-electron chi connectivity index (χ4n) is 1.22. The second-order valence-electron chi connectivity index (χ2n) is 3.41. The van der Waals surface area contributed by atoms with Gasteiger partial charge in [0, 0.05) is 6.54 Å². The topological polar surface area (TPSA) is 64.1 Å². The average Bonchev–Trinajstić information content (AvgIpc) is 2.34. The number of esters is 1. The van der Waals surface area contributed by atoms with E-state index in [4.69, 9.17) is 0 Å². The van der Waals surface area contributed by atoms with Crippen LogP contribution in [0.2, 0.25) is 0 Å². The Hall–Kier alpha value is -1.65. The molecule has 1 heterocycles. The number of aromatic nitrogens is 2. The standard InChI is InChI=1S/C11H17N3O2/c1-3-4-5-6-12-10-8-13-9(7-14-10)11(15)16-2/h7-8H,3-6H2,1-2H3,(H,12,14). The maximum atomic E-state index is 11.1. The SMILES string of the molecule is CCCCCNc1cnc(C(=O)OC)cn1. The summed E-state index contributed by atoms with van der Waals surface area (Å²) in [5.41, 5.74) is 0.224. The molecule has 1 rings (SSSR count). The van der Waals surface area contributed by atoms with E-state index in [0.717, 1.165) is 13.0 Å². The van der Waals surface area contributed by atoms with Gasteiger partial charge in [0.1, 0.15) is 5.82 Å². The van der Waals surface area contributed by atoms with Gasteiger partial charge in [0.15, 0.2) is 5.69 Å². The third-order valence-electron chi connectivity index (χ3n) is 2.13. The molecule has 88 valence electrons. The van der Waals surface area contributed by atoms with Gasteiger partial charge in [0.05, 0.1) is 19.5 Å². The van der Waals surface area contributed by atoms with Crippen molar-refractivity contribution in [3.63, 3.8) is 0 Å². The van der Waals surface area contributed by atoms with E-state index in [1.807, 2.05) is 0 Å². The third-order valence-corrected chi connectivity index (χ3v) is 2.13. The van der Waals surface area contributed by atoms with Gasteiger partial charge in [0.2, 0.25) is 0 Å². The van der Waals surface area contributed by atoms with Crippen LogP contribution in [0.1, 0.15) is 36.7 Å². The molecule has 0 saturated heterocycles. The molecule has 16 heavy (non-hydrogen) atoms. The van der Waals surface area contributed by atoms with E-state index in [1.54, 1.807) is 0 Å². The van der Waals surface area contributed by atoms with Crippen LogP contribution in [0.5, 0.6) is 0 Å². The maximum absolute atomic E-state index is 11.1. The van der Waals surface area contributed by atoms with Crippen molar-refractivity contribution in [3.8, 4) is 0 Å². The van der Waals surface area contributed by atoms with E-state index in [-0.39, 0.29) is 5.69 Å². The molecule has 0 aliphatic heterocycles. The number of hydrogen-bond acceptors (Lipinski definition) is 5. The zero-order valence-corrected chi connectivity index (χ0v) is 9.69. The first-order valence-corrected chi connectivity index (χ1v) is 5.42. The minimum atomic E-state index is -0.468. The lowest BCUT2D eigenvalue weighted by Crippen LogP contribution is -2.08. The number of nitrogens with zero attached hydrogens (tertiary/aromatic N) is 2. The third kappa shape index (κ3) is 3.84. The van der Waals surface area contributed by atoms with Crippen molar-refractivity contribution in [2.75, 3.05) is 19.0 Å². The monoisotopic (exact) mass is 223 g/mol. The summed E-state index contributed by atoms with van der Waals surface area (Å²) in [5.74, 6) is 0.216. The number of ether oxygens (including phenoxy) is 1. The van der Waals surface area contributed by atoms with Gasteiger partial charge < -0.3 is 10.1 Å². The van der Waals surface area contributed by atoms with Crippen LogP contribution < -0.4 is 5.32 Å². The molecule has 0 amide bonds. The van der Waals surface area contributed by atoms with E-state index in [9.17, 15) is 4.79 Å². The molecule has 1 aromatic heterocycles. The zero-order valence-electron chi connectivity index (χ0n) is 9.69. The minimum Gasteiger partial charge on any atom is -0.464 e. The summed E-state index contributed by atoms with van der Waals surface area (Å²) < 4.78 is 4.53. The van der Waals surface area contributed by atoms with E-state index in [0.29, 0.717) is 5.82 Å². The fourth-order valence-corrected chi connectivity index (χ4v) is 1.22. The van der Waals surface area contributed by atoms with Gasteiger partial charge in [0.25, 0.3) is 0 Å². The number of hydrogen-bond donors (Lipinski definition) is 1. The highest BCUT2D eigenvalue weighted by Gasteiger charge is 2.06. The molecule has 0 aromatic carbocycles. The van der Waals surface area contributed by atoms with Gasteiger partial charge in [-0.25, -0.2) is 14.8 Å². The molecule has 0 bridgehead atoms. The lowest BCUT2D eigenvalue weighted by molar-refractivity contribution is 0.0593. The van der Waals surface area contributed by atoms with Gasteiger partial charge >= 0.3 is 5.97 Å². The number of anilines is 1. The molecule has 0 spiro atoms. The number of carbonyl (C=O) groups excluding carboxylic acids is 1. The molecular formula is C11H17N3O2. The lowest BCUT2D eigenvalue weighted by atomic mass is 10.2. The summed E-state index contributed by atoms with van der Waals surface area (Å²) in [6.45, 7) is 3.03. The summed E-state index contributed by atoms with van der Waals surface area (Å²) in [6, 6.07) is 0. The van der Waals surface area contributed by atoms with Crippen LogP contribution in [-0.4, -0.2) is 29.6 Å². The van der Waals surface area contributed by atoms with Crippen molar-refractivity contribution in [2.24, 2.45) is 0 Å². The lowest BCUT2D eigenvalue weighted by Gasteiger charge is -2.04. The Morgan fingerprint density at radius 1 is 1.38 bits per heavy atom. The van der Waals surface area contributed by atoms with E-state index >= 15 is 0 Å². The molecule has 0 unspecified atom stereocenters. The van der Waals surface area contributed by atoms with Crippen molar-refractivity contribution >= 4 is 11.8 Å². The Labute approximate surface area is 95.3 Å². The van der Waals surface area contributed by atoms with Crippen LogP contribution in [0, 0.1) is 0 Å². The minimum absolute atomic E-state index is 0.224. The Bertz CT molecular complexity index is 325. The van der Waals surface area contributed by atoms with Gasteiger partial charge in [-0.15, -0.1) is 0 Å². The number of methoxy groups -OCH3 is 1. The van der Waals surface area contributed by atoms with Crippen LogP contribution in [0.25, 0.3) is 0 Å². The van der Waals surface area contributed by atoms with Crippen molar-refractivity contribution < 1.29 is 9.53 Å². The molecule has 0 radical (unpaired) electrons. The molecule has 0 atom stereocenters. The first-order valence-electron chi connectivity index (χ1n) is 5.42. The van der Waals surface area contributed by atoms with Crippen LogP contribution >= 0.6 is 0 Å². The molecule has 1 N–H and O–H groups in total. The van der Waals surface area contributed by atoms with E-state index in [1.165, 1.54) is 32.3 Å². The Morgan fingerprint density at radius 3 is 2.75 bits per heavy atom. The van der Waals surface area contributed by atoms with Crippen molar-refractivity contribution in [3.05, 3.63) is 18.1 Å². The molecule has 0 aliphatic carbocycles. The first-order chi connectivity index (χ1) is 7.77. The van der Waals surface area contributed by atoms with Crippen LogP contribution in [-0.2, 0) is 4.74 Å². The number of rotatable bonds is 6. The predicted molar refractivity (Wildman–Crippen MR) is 61.4 cm³/mol. The molecule has 0 fully saturated rings. The van der Waals surface area contributed by atoms with E-state index in [2.05, 4.69) is 26.9 Å². The average molecular weight is 223 g/mol. The van der Waals surface area contributed by atoms with Crippen LogP contribution in [0.15, 0.2) is 12.4 Å². The summed E-state index contributed by atoms with van der Waals surface area (Å²) >= 11 is 0. The summed E-state index contributed by atoms with van der Waals surface area (Å²) in [5, 5.41) is 3.14. The molecule has 5 nitrogen and oxygen atoms in total. The fraction of sp³-hybridized carbons (Fsp3) is 0.545. The van der Waals surface area contributed by atoms with Gasteiger partial charge in [-0.2, -0.15) is 0 Å². The largest absolute Gasteiger partial charge is 0.464 e. The Kier molecular flexibility index (Phi) is 5.25. The first kappa shape index (κ1) is 12.4. The molecule has 1 aromatic rings. The molecule has 5 heteroatoms. The number of nitrogens with one attached hydrogen (secondary N) is 1. The van der Waals surface area contributed by atoms with Crippen LogP contribution in [0.3, 0.4) is 0 Å². The smallest absolute Gasteiger partial charge is 0.358 e. The molecule has 0 saturated carbocycles. The summed E-state index contributed by atoms with van der Waals surface area (Å²) in [7, 11) is 1.32. The predicted octanol–water partition coefficient (Wildman–Crippen LogP) is 1.87. The molecule has 0 aliphatic rings. The number of unbranched alkanes of at least 4 members (excludes halogenated alkanes) is 2. The maximum Gasteiger partial charge on any atom is 0.358 e. The van der Waals surface area contributed by atoms with Crippen LogP contribution in [0.4, 0.5) is 5.82 Å².